The average molecular weight is 494 g/mol. The van der Waals surface area contributed by atoms with Crippen molar-refractivity contribution in [2.45, 2.75) is 19.5 Å². The highest BCUT2D eigenvalue weighted by molar-refractivity contribution is 14.0. The summed E-state index contributed by atoms with van der Waals surface area (Å²) in [6.07, 6.45) is 0. The summed E-state index contributed by atoms with van der Waals surface area (Å²) < 4.78 is 5.55. The number of halogens is 1. The van der Waals surface area contributed by atoms with E-state index in [1.807, 2.05) is 13.1 Å². The fourth-order valence-corrected chi connectivity index (χ4v) is 3.42. The van der Waals surface area contributed by atoms with Gasteiger partial charge in [0, 0.05) is 33.2 Å². The molecule has 1 unspecified atom stereocenters. The number of nitrogens with zero attached hydrogens (tertiary/aromatic N) is 2. The third kappa shape index (κ3) is 6.76. The topological polar surface area (TPSA) is 48.9 Å². The van der Waals surface area contributed by atoms with Crippen LogP contribution in [-0.2, 0) is 11.3 Å². The molecule has 2 aromatic rings. The van der Waals surface area contributed by atoms with Crippen LogP contribution in [0.1, 0.15) is 22.7 Å². The Morgan fingerprint density at radius 2 is 1.82 bits per heavy atom. The van der Waals surface area contributed by atoms with Gasteiger partial charge in [-0.05, 0) is 18.1 Å². The molecule has 0 spiro atoms. The predicted molar refractivity (Wildman–Crippen MR) is 126 cm³/mol. The minimum absolute atomic E-state index is 0. The molecule has 28 heavy (non-hydrogen) atoms. The van der Waals surface area contributed by atoms with Gasteiger partial charge in [0.05, 0.1) is 19.3 Å². The molecule has 1 saturated heterocycles. The Bertz CT molecular complexity index is 732. The van der Waals surface area contributed by atoms with Crippen LogP contribution in [0.3, 0.4) is 0 Å². The molecule has 1 aliphatic heterocycles. The highest BCUT2D eigenvalue weighted by Crippen LogP contribution is 2.22. The van der Waals surface area contributed by atoms with Crippen LogP contribution in [0.25, 0.3) is 0 Å². The number of benzene rings is 2. The standard InChI is InChI=1S/C22H30N4O.HI/c1-18-7-6-10-20(15-18)21(26-11-13-27-14-12-26)17-25-22(23-2)24-16-19-8-4-3-5-9-19;/h3-10,15,21H,11-14,16-17H2,1-2H3,(H2,23,24,25);1H. The second-order valence-corrected chi connectivity index (χ2v) is 6.87. The first-order chi connectivity index (χ1) is 13.3. The molecule has 1 aliphatic rings. The molecule has 2 N–H and O–H groups in total. The molecule has 0 saturated carbocycles. The van der Waals surface area contributed by atoms with Gasteiger partial charge in [0.1, 0.15) is 0 Å². The molecule has 6 heteroatoms. The highest BCUT2D eigenvalue weighted by atomic mass is 127. The lowest BCUT2D eigenvalue weighted by Crippen LogP contribution is -2.46. The maximum Gasteiger partial charge on any atom is 0.191 e. The van der Waals surface area contributed by atoms with Crippen molar-refractivity contribution >= 4 is 29.9 Å². The molecular weight excluding hydrogens is 463 g/mol. The number of ether oxygens (including phenoxy) is 1. The molecule has 0 bridgehead atoms. The fraction of sp³-hybridized carbons (Fsp3) is 0.409. The number of hydrogen-bond acceptors (Lipinski definition) is 3. The summed E-state index contributed by atoms with van der Waals surface area (Å²) in [5.41, 5.74) is 3.86. The molecule has 1 heterocycles. The van der Waals surface area contributed by atoms with Gasteiger partial charge in [-0.25, -0.2) is 0 Å². The van der Waals surface area contributed by atoms with Crippen molar-refractivity contribution in [1.82, 2.24) is 15.5 Å². The average Bonchev–Trinajstić information content (AvgIpc) is 2.72. The summed E-state index contributed by atoms with van der Waals surface area (Å²) in [4.78, 5) is 6.88. The van der Waals surface area contributed by atoms with E-state index in [0.717, 1.165) is 45.4 Å². The first-order valence-corrected chi connectivity index (χ1v) is 9.63. The molecule has 3 rings (SSSR count). The Hall–Kier alpha value is -1.64. The zero-order chi connectivity index (χ0) is 18.9. The number of guanidine groups is 1. The van der Waals surface area contributed by atoms with E-state index in [2.05, 4.69) is 76.0 Å². The third-order valence-electron chi connectivity index (χ3n) is 4.90. The first kappa shape index (κ1) is 22.6. The van der Waals surface area contributed by atoms with E-state index < -0.39 is 0 Å². The number of hydrogen-bond donors (Lipinski definition) is 2. The zero-order valence-corrected chi connectivity index (χ0v) is 19.1. The normalized spacial score (nSPS) is 16.1. The van der Waals surface area contributed by atoms with Gasteiger partial charge in [-0.2, -0.15) is 0 Å². The maximum atomic E-state index is 5.55. The van der Waals surface area contributed by atoms with Crippen LogP contribution in [0, 0.1) is 6.92 Å². The van der Waals surface area contributed by atoms with E-state index in [4.69, 9.17) is 4.74 Å². The van der Waals surface area contributed by atoms with Crippen LogP contribution in [0.4, 0.5) is 0 Å². The van der Waals surface area contributed by atoms with Gasteiger partial charge in [0.25, 0.3) is 0 Å². The van der Waals surface area contributed by atoms with Gasteiger partial charge < -0.3 is 15.4 Å². The van der Waals surface area contributed by atoms with Crippen molar-refractivity contribution in [3.8, 4) is 0 Å². The molecule has 0 radical (unpaired) electrons. The number of aryl methyl sites for hydroxylation is 1. The van der Waals surface area contributed by atoms with Crippen molar-refractivity contribution in [2.75, 3.05) is 39.9 Å². The monoisotopic (exact) mass is 494 g/mol. The summed E-state index contributed by atoms with van der Waals surface area (Å²) in [5.74, 6) is 0.824. The SMILES string of the molecule is CN=C(NCc1ccccc1)NCC(c1cccc(C)c1)N1CCOCC1.I. The van der Waals surface area contributed by atoms with Crippen LogP contribution in [0.2, 0.25) is 0 Å². The first-order valence-electron chi connectivity index (χ1n) is 9.63. The number of aliphatic imine (C=N–C) groups is 1. The Balaban J connectivity index is 0.00000280. The smallest absolute Gasteiger partial charge is 0.191 e. The van der Waals surface area contributed by atoms with Crippen LogP contribution in [0.15, 0.2) is 59.6 Å². The van der Waals surface area contributed by atoms with Gasteiger partial charge in [0.2, 0.25) is 0 Å². The van der Waals surface area contributed by atoms with Gasteiger partial charge in [-0.15, -0.1) is 24.0 Å². The molecular formula is C22H31IN4O. The molecule has 5 nitrogen and oxygen atoms in total. The minimum Gasteiger partial charge on any atom is -0.379 e. The summed E-state index contributed by atoms with van der Waals surface area (Å²) in [6.45, 7) is 7.21. The zero-order valence-electron chi connectivity index (χ0n) is 16.7. The fourth-order valence-electron chi connectivity index (χ4n) is 3.42. The van der Waals surface area contributed by atoms with E-state index in [9.17, 15) is 0 Å². The van der Waals surface area contributed by atoms with Crippen molar-refractivity contribution in [2.24, 2.45) is 4.99 Å². The maximum absolute atomic E-state index is 5.55. The molecule has 0 aliphatic carbocycles. The second-order valence-electron chi connectivity index (χ2n) is 6.87. The van der Waals surface area contributed by atoms with E-state index in [1.165, 1.54) is 16.7 Å². The Kier molecular flexibility index (Phi) is 9.73. The Morgan fingerprint density at radius 3 is 2.50 bits per heavy atom. The lowest BCUT2D eigenvalue weighted by molar-refractivity contribution is 0.0170. The lowest BCUT2D eigenvalue weighted by atomic mass is 10.0. The van der Waals surface area contributed by atoms with Crippen LogP contribution < -0.4 is 10.6 Å². The number of nitrogens with one attached hydrogen (secondary N) is 2. The number of morpholine rings is 1. The molecule has 0 aromatic heterocycles. The largest absolute Gasteiger partial charge is 0.379 e. The van der Waals surface area contributed by atoms with Gasteiger partial charge >= 0.3 is 0 Å². The summed E-state index contributed by atoms with van der Waals surface area (Å²) in [5, 5.41) is 6.91. The molecule has 1 fully saturated rings. The van der Waals surface area contributed by atoms with E-state index in [0.29, 0.717) is 6.04 Å². The van der Waals surface area contributed by atoms with E-state index in [1.54, 1.807) is 0 Å². The lowest BCUT2D eigenvalue weighted by Gasteiger charge is -2.35. The van der Waals surface area contributed by atoms with Crippen molar-refractivity contribution in [3.05, 3.63) is 71.3 Å². The molecule has 2 aromatic carbocycles. The van der Waals surface area contributed by atoms with Crippen LogP contribution in [-0.4, -0.2) is 50.8 Å². The molecule has 1 atom stereocenters. The number of rotatable bonds is 6. The predicted octanol–water partition coefficient (Wildman–Crippen LogP) is 3.35. The van der Waals surface area contributed by atoms with Gasteiger partial charge in [-0.3, -0.25) is 9.89 Å². The molecule has 152 valence electrons. The van der Waals surface area contributed by atoms with Crippen molar-refractivity contribution in [1.29, 1.82) is 0 Å². The second kappa shape index (κ2) is 12.0. The van der Waals surface area contributed by atoms with E-state index in [-0.39, 0.29) is 24.0 Å². The quantitative estimate of drug-likeness (QED) is 0.368. The highest BCUT2D eigenvalue weighted by Gasteiger charge is 2.23. The van der Waals surface area contributed by atoms with Gasteiger partial charge in [0.15, 0.2) is 5.96 Å². The third-order valence-corrected chi connectivity index (χ3v) is 4.90. The van der Waals surface area contributed by atoms with Gasteiger partial charge in [-0.1, -0.05) is 60.2 Å². The summed E-state index contributed by atoms with van der Waals surface area (Å²) in [6, 6.07) is 19.5. The van der Waals surface area contributed by atoms with Crippen LogP contribution in [0.5, 0.6) is 0 Å². The summed E-state index contributed by atoms with van der Waals surface area (Å²) in [7, 11) is 1.82. The van der Waals surface area contributed by atoms with Crippen LogP contribution >= 0.6 is 24.0 Å². The molecule has 0 amide bonds. The van der Waals surface area contributed by atoms with Crippen molar-refractivity contribution < 1.29 is 4.74 Å². The van der Waals surface area contributed by atoms with Crippen molar-refractivity contribution in [3.63, 3.8) is 0 Å². The Morgan fingerprint density at radius 1 is 1.07 bits per heavy atom. The minimum atomic E-state index is 0. The van der Waals surface area contributed by atoms with E-state index >= 15 is 0 Å². The Labute approximate surface area is 185 Å². The summed E-state index contributed by atoms with van der Waals surface area (Å²) >= 11 is 0.